The fourth-order valence-corrected chi connectivity index (χ4v) is 3.09. The molecule has 1 aliphatic heterocycles. The third kappa shape index (κ3) is 5.08. The van der Waals surface area contributed by atoms with Gasteiger partial charge in [-0.25, -0.2) is 4.98 Å². The maximum atomic E-state index is 13.7. The molecule has 0 aliphatic carbocycles. The van der Waals surface area contributed by atoms with Crippen LogP contribution in [-0.4, -0.2) is 49.9 Å². The Bertz CT molecular complexity index is 1260. The highest BCUT2D eigenvalue weighted by atomic mass is 19.4. The lowest BCUT2D eigenvalue weighted by atomic mass is 10.2. The molecule has 4 heterocycles. The summed E-state index contributed by atoms with van der Waals surface area (Å²) in [7, 11) is 0. The minimum atomic E-state index is -4.88. The molecule has 0 unspecified atom stereocenters. The molecular formula is C19H11F10N7. The Kier molecular flexibility index (Phi) is 5.91. The normalized spacial score (nSPS) is 17.3. The summed E-state index contributed by atoms with van der Waals surface area (Å²) in [5.74, 6) is -11.0. The molecule has 3 aromatic heterocycles. The third-order valence-electron chi connectivity index (χ3n) is 4.80. The summed E-state index contributed by atoms with van der Waals surface area (Å²) in [5.41, 5.74) is -3.51. The molecule has 1 aliphatic rings. The first-order chi connectivity index (χ1) is 16.5. The van der Waals surface area contributed by atoms with Crippen LogP contribution in [0.25, 0.3) is 11.5 Å². The number of pyridine rings is 2. The number of nitrogens with zero attached hydrogens (tertiary/aromatic N) is 6. The average Bonchev–Trinajstić information content (AvgIpc) is 2.99. The van der Waals surface area contributed by atoms with E-state index >= 15 is 0 Å². The molecule has 17 heteroatoms. The summed E-state index contributed by atoms with van der Waals surface area (Å²) in [6, 6.07) is 4.20. The molecule has 0 bridgehead atoms. The summed E-state index contributed by atoms with van der Waals surface area (Å²) in [6.07, 6.45) is -8.93. The quantitative estimate of drug-likeness (QED) is 0.468. The van der Waals surface area contributed by atoms with Crippen molar-refractivity contribution in [3.8, 4) is 11.5 Å². The number of hydrogen-bond donors (Lipinski definition) is 1. The van der Waals surface area contributed by atoms with Crippen LogP contribution in [0.3, 0.4) is 0 Å². The predicted molar refractivity (Wildman–Crippen MR) is 103 cm³/mol. The zero-order valence-electron chi connectivity index (χ0n) is 17.3. The van der Waals surface area contributed by atoms with Gasteiger partial charge in [-0.2, -0.15) is 58.9 Å². The molecule has 1 N–H and O–H groups in total. The Morgan fingerprint density at radius 1 is 0.778 bits per heavy atom. The van der Waals surface area contributed by atoms with E-state index in [0.717, 1.165) is 24.4 Å². The molecule has 0 atom stereocenters. The topological polar surface area (TPSA) is 79.7 Å². The summed E-state index contributed by atoms with van der Waals surface area (Å²) >= 11 is 0. The van der Waals surface area contributed by atoms with E-state index in [1.807, 2.05) is 0 Å². The van der Waals surface area contributed by atoms with Gasteiger partial charge in [0.1, 0.15) is 17.1 Å². The third-order valence-corrected chi connectivity index (χ3v) is 4.80. The molecule has 1 fully saturated rings. The van der Waals surface area contributed by atoms with Crippen LogP contribution in [0.1, 0.15) is 11.4 Å². The van der Waals surface area contributed by atoms with Gasteiger partial charge in [0.15, 0.2) is 5.82 Å². The van der Waals surface area contributed by atoms with E-state index in [9.17, 15) is 43.9 Å². The summed E-state index contributed by atoms with van der Waals surface area (Å²) < 4.78 is 133. The van der Waals surface area contributed by atoms with Crippen LogP contribution in [0.5, 0.6) is 0 Å². The lowest BCUT2D eigenvalue weighted by molar-refractivity contribution is -0.172. The second-order valence-electron chi connectivity index (χ2n) is 7.51. The van der Waals surface area contributed by atoms with Gasteiger partial charge in [-0.15, -0.1) is 0 Å². The van der Waals surface area contributed by atoms with E-state index < -0.39 is 72.1 Å². The molecule has 36 heavy (non-hydrogen) atoms. The van der Waals surface area contributed by atoms with Gasteiger partial charge in [-0.3, -0.25) is 4.98 Å². The summed E-state index contributed by atoms with van der Waals surface area (Å²) in [4.78, 5) is 18.1. The van der Waals surface area contributed by atoms with Gasteiger partial charge in [0.25, 0.3) is 0 Å². The number of rotatable bonds is 4. The fourth-order valence-electron chi connectivity index (χ4n) is 3.09. The SMILES string of the molecule is FC(F)(F)c1cc(Nc2nc(-c3cccc(C(F)(F)F)n3)nc(N3CC(F)(F)C(F)(F)C3)n2)ccn1. The van der Waals surface area contributed by atoms with E-state index in [0.29, 0.717) is 17.0 Å². The number of aromatic nitrogens is 5. The Morgan fingerprint density at radius 3 is 2.03 bits per heavy atom. The van der Waals surface area contributed by atoms with Crippen molar-refractivity contribution in [2.75, 3.05) is 23.3 Å². The molecular weight excluding hydrogens is 516 g/mol. The van der Waals surface area contributed by atoms with Gasteiger partial charge in [-0.1, -0.05) is 6.07 Å². The van der Waals surface area contributed by atoms with Crippen molar-refractivity contribution >= 4 is 17.6 Å². The lowest BCUT2D eigenvalue weighted by Gasteiger charge is -2.17. The van der Waals surface area contributed by atoms with Crippen LogP contribution in [0.15, 0.2) is 36.5 Å². The minimum absolute atomic E-state index is 0.297. The second-order valence-corrected chi connectivity index (χ2v) is 7.51. The highest BCUT2D eigenvalue weighted by molar-refractivity contribution is 5.59. The standard InChI is InChI=1S/C19H11F10N7/c20-16(21)7-36(8-17(16,22)23)15-34-13(10-2-1-3-11(32-10)18(24,25)26)33-14(35-15)31-9-4-5-30-12(6-9)19(27,28)29/h1-6H,7-8H2,(H,30,31,33,34,35). The largest absolute Gasteiger partial charge is 0.433 e. The Labute approximate surface area is 194 Å². The maximum absolute atomic E-state index is 13.7. The van der Waals surface area contributed by atoms with Gasteiger partial charge in [0.2, 0.25) is 11.9 Å². The van der Waals surface area contributed by atoms with Crippen LogP contribution >= 0.6 is 0 Å². The molecule has 0 radical (unpaired) electrons. The summed E-state index contributed by atoms with van der Waals surface area (Å²) in [6.45, 7) is -3.07. The van der Waals surface area contributed by atoms with Gasteiger partial charge in [0.05, 0.1) is 13.1 Å². The van der Waals surface area contributed by atoms with Gasteiger partial charge in [-0.05, 0) is 24.3 Å². The van der Waals surface area contributed by atoms with Crippen molar-refractivity contribution < 1.29 is 43.9 Å². The predicted octanol–water partition coefficient (Wildman–Crippen LogP) is 5.20. The second kappa shape index (κ2) is 8.41. The van der Waals surface area contributed by atoms with Crippen molar-refractivity contribution in [1.29, 1.82) is 0 Å². The van der Waals surface area contributed by atoms with E-state index in [1.165, 1.54) is 0 Å². The van der Waals surface area contributed by atoms with Crippen LogP contribution in [-0.2, 0) is 12.4 Å². The average molecular weight is 527 g/mol. The van der Waals surface area contributed by atoms with Crippen LogP contribution in [0.2, 0.25) is 0 Å². The van der Waals surface area contributed by atoms with Crippen molar-refractivity contribution in [1.82, 2.24) is 24.9 Å². The van der Waals surface area contributed by atoms with Crippen LogP contribution < -0.4 is 10.2 Å². The van der Waals surface area contributed by atoms with Gasteiger partial charge in [0, 0.05) is 11.9 Å². The van der Waals surface area contributed by atoms with Crippen molar-refractivity contribution in [3.63, 3.8) is 0 Å². The Morgan fingerprint density at radius 2 is 1.42 bits per heavy atom. The number of anilines is 3. The van der Waals surface area contributed by atoms with E-state index in [4.69, 9.17) is 0 Å². The fraction of sp³-hybridized carbons (Fsp3) is 0.316. The molecule has 3 aromatic rings. The molecule has 7 nitrogen and oxygen atoms in total. The molecule has 4 rings (SSSR count). The highest BCUT2D eigenvalue weighted by Crippen LogP contribution is 2.42. The van der Waals surface area contributed by atoms with Crippen molar-refractivity contribution in [3.05, 3.63) is 47.9 Å². The number of alkyl halides is 10. The smallest absolute Gasteiger partial charge is 0.328 e. The maximum Gasteiger partial charge on any atom is 0.433 e. The van der Waals surface area contributed by atoms with E-state index in [-0.39, 0.29) is 5.69 Å². The van der Waals surface area contributed by atoms with E-state index in [2.05, 4.69) is 30.2 Å². The minimum Gasteiger partial charge on any atom is -0.328 e. The molecule has 0 aromatic carbocycles. The van der Waals surface area contributed by atoms with Crippen LogP contribution in [0, 0.1) is 0 Å². The first kappa shape index (κ1) is 25.3. The Balaban J connectivity index is 1.79. The first-order valence-corrected chi connectivity index (χ1v) is 9.67. The Hall–Kier alpha value is -3.79. The molecule has 0 spiro atoms. The lowest BCUT2D eigenvalue weighted by Crippen LogP contribution is -2.38. The molecule has 0 amide bonds. The molecule has 1 saturated heterocycles. The monoisotopic (exact) mass is 527 g/mol. The van der Waals surface area contributed by atoms with E-state index in [1.54, 1.807) is 0 Å². The zero-order valence-corrected chi connectivity index (χ0v) is 17.3. The van der Waals surface area contributed by atoms with Crippen molar-refractivity contribution in [2.24, 2.45) is 0 Å². The van der Waals surface area contributed by atoms with Crippen molar-refractivity contribution in [2.45, 2.75) is 24.2 Å². The molecule has 0 saturated carbocycles. The molecule has 192 valence electrons. The van der Waals surface area contributed by atoms with Crippen LogP contribution in [0.4, 0.5) is 61.5 Å². The van der Waals surface area contributed by atoms with Gasteiger partial charge >= 0.3 is 24.2 Å². The number of halogens is 10. The zero-order chi connectivity index (χ0) is 26.5. The number of nitrogens with one attached hydrogen (secondary N) is 1. The summed E-state index contributed by atoms with van der Waals surface area (Å²) in [5, 5.41) is 2.32. The number of hydrogen-bond acceptors (Lipinski definition) is 7. The van der Waals surface area contributed by atoms with Gasteiger partial charge < -0.3 is 10.2 Å². The highest BCUT2D eigenvalue weighted by Gasteiger charge is 2.63. The first-order valence-electron chi connectivity index (χ1n) is 9.67.